The Labute approximate surface area is 179 Å². The lowest BCUT2D eigenvalue weighted by atomic mass is 10.2. The highest BCUT2D eigenvalue weighted by atomic mass is 16.6. The average Bonchev–Trinajstić information content (AvgIpc) is 2.68. The second kappa shape index (κ2) is 13.6. The highest BCUT2D eigenvalue weighted by Crippen LogP contribution is 2.12. The van der Waals surface area contributed by atoms with E-state index in [0.717, 1.165) is 17.2 Å². The quantitative estimate of drug-likeness (QED) is 0.391. The van der Waals surface area contributed by atoms with Crippen molar-refractivity contribution in [3.8, 4) is 11.5 Å². The van der Waals surface area contributed by atoms with Crippen LogP contribution in [0.25, 0.3) is 12.2 Å². The van der Waals surface area contributed by atoms with Crippen molar-refractivity contribution in [1.29, 1.82) is 0 Å². The van der Waals surface area contributed by atoms with Crippen molar-refractivity contribution in [3.63, 3.8) is 0 Å². The monoisotopic (exact) mass is 410 g/mol. The SMILES string of the molecule is C=CC(=O)OC(C)(C)C.C=Cc1ccc(O)cc1.C=Cc1ccc(OC(C)=O)cc1. The molecule has 30 heavy (non-hydrogen) atoms. The zero-order chi connectivity index (χ0) is 23.2. The molecule has 1 N–H and O–H groups in total. The van der Waals surface area contributed by atoms with Crippen LogP contribution >= 0.6 is 0 Å². The Kier molecular flexibility index (Phi) is 11.9. The maximum atomic E-state index is 10.5. The highest BCUT2D eigenvalue weighted by molar-refractivity contribution is 5.81. The summed E-state index contributed by atoms with van der Waals surface area (Å²) in [6, 6.07) is 14.0. The van der Waals surface area contributed by atoms with Gasteiger partial charge in [0.05, 0.1) is 0 Å². The molecule has 0 aliphatic rings. The minimum atomic E-state index is -0.398. The van der Waals surface area contributed by atoms with Crippen LogP contribution in [0.1, 0.15) is 38.8 Å². The van der Waals surface area contributed by atoms with Crippen molar-refractivity contribution in [2.75, 3.05) is 0 Å². The Morgan fingerprint density at radius 3 is 1.60 bits per heavy atom. The van der Waals surface area contributed by atoms with Gasteiger partial charge in [0.15, 0.2) is 0 Å². The number of esters is 2. The largest absolute Gasteiger partial charge is 0.508 e. The van der Waals surface area contributed by atoms with Crippen LogP contribution in [-0.2, 0) is 14.3 Å². The van der Waals surface area contributed by atoms with Gasteiger partial charge < -0.3 is 14.6 Å². The topological polar surface area (TPSA) is 72.8 Å². The molecular weight excluding hydrogens is 380 g/mol. The first-order valence-electron chi connectivity index (χ1n) is 9.18. The van der Waals surface area contributed by atoms with Crippen LogP contribution in [0, 0.1) is 0 Å². The predicted molar refractivity (Wildman–Crippen MR) is 122 cm³/mol. The molecule has 2 aromatic rings. The van der Waals surface area contributed by atoms with Gasteiger partial charge >= 0.3 is 11.9 Å². The van der Waals surface area contributed by atoms with E-state index in [0.29, 0.717) is 11.5 Å². The van der Waals surface area contributed by atoms with Gasteiger partial charge in [0.1, 0.15) is 17.1 Å². The molecule has 0 atom stereocenters. The molecule has 2 rings (SSSR count). The minimum absolute atomic E-state index is 0.292. The van der Waals surface area contributed by atoms with Crippen molar-refractivity contribution in [2.45, 2.75) is 33.3 Å². The molecule has 0 fully saturated rings. The summed E-state index contributed by atoms with van der Waals surface area (Å²) in [4.78, 5) is 21.0. The summed E-state index contributed by atoms with van der Waals surface area (Å²) in [6.45, 7) is 17.3. The third kappa shape index (κ3) is 13.6. The Hall–Kier alpha value is -3.60. The first kappa shape index (κ1) is 26.4. The van der Waals surface area contributed by atoms with Crippen LogP contribution in [0.15, 0.2) is 74.3 Å². The summed E-state index contributed by atoms with van der Waals surface area (Å²) >= 11 is 0. The van der Waals surface area contributed by atoms with Crippen molar-refractivity contribution in [3.05, 3.63) is 85.5 Å². The number of ether oxygens (including phenoxy) is 2. The Balaban J connectivity index is 0.000000428. The third-order valence-electron chi connectivity index (χ3n) is 3.08. The molecule has 2 aromatic carbocycles. The van der Waals surface area contributed by atoms with Crippen molar-refractivity contribution in [1.82, 2.24) is 0 Å². The highest BCUT2D eigenvalue weighted by Gasteiger charge is 2.12. The number of hydrogen-bond acceptors (Lipinski definition) is 5. The van der Waals surface area contributed by atoms with Gasteiger partial charge in [-0.1, -0.05) is 56.2 Å². The molecule has 0 bridgehead atoms. The summed E-state index contributed by atoms with van der Waals surface area (Å²) in [7, 11) is 0. The summed E-state index contributed by atoms with van der Waals surface area (Å²) in [5.41, 5.74) is 1.63. The number of phenolic OH excluding ortho intramolecular Hbond substituents is 1. The van der Waals surface area contributed by atoms with E-state index in [1.54, 1.807) is 36.4 Å². The zero-order valence-electron chi connectivity index (χ0n) is 18.1. The zero-order valence-corrected chi connectivity index (χ0v) is 18.1. The van der Waals surface area contributed by atoms with Crippen molar-refractivity contribution < 1.29 is 24.2 Å². The fourth-order valence-electron chi connectivity index (χ4n) is 1.79. The van der Waals surface area contributed by atoms with Gasteiger partial charge in [-0.2, -0.15) is 0 Å². The van der Waals surface area contributed by atoms with E-state index in [2.05, 4.69) is 19.7 Å². The van der Waals surface area contributed by atoms with E-state index in [9.17, 15) is 9.59 Å². The lowest BCUT2D eigenvalue weighted by molar-refractivity contribution is -0.148. The van der Waals surface area contributed by atoms with E-state index in [1.807, 2.05) is 45.0 Å². The predicted octanol–water partition coefficient (Wildman–Crippen LogP) is 5.80. The number of aromatic hydroxyl groups is 1. The number of carbonyl (C=O) groups is 2. The van der Waals surface area contributed by atoms with E-state index in [1.165, 1.54) is 6.92 Å². The van der Waals surface area contributed by atoms with Gasteiger partial charge in [-0.15, -0.1) is 0 Å². The summed E-state index contributed by atoms with van der Waals surface area (Å²) in [6.07, 6.45) is 4.63. The molecule has 0 saturated carbocycles. The molecular formula is C25H30O5. The molecule has 0 saturated heterocycles. The fourth-order valence-corrected chi connectivity index (χ4v) is 1.79. The van der Waals surface area contributed by atoms with Gasteiger partial charge in [0.2, 0.25) is 0 Å². The molecule has 0 radical (unpaired) electrons. The molecule has 0 aromatic heterocycles. The van der Waals surface area contributed by atoms with E-state index in [-0.39, 0.29) is 11.9 Å². The van der Waals surface area contributed by atoms with Crippen LogP contribution in [-0.4, -0.2) is 22.6 Å². The van der Waals surface area contributed by atoms with E-state index in [4.69, 9.17) is 14.6 Å². The van der Waals surface area contributed by atoms with Gasteiger partial charge in [0, 0.05) is 13.0 Å². The molecule has 0 aliphatic carbocycles. The van der Waals surface area contributed by atoms with Gasteiger partial charge in [-0.3, -0.25) is 4.79 Å². The molecule has 0 heterocycles. The lowest BCUT2D eigenvalue weighted by Gasteiger charge is -2.17. The van der Waals surface area contributed by atoms with Gasteiger partial charge in [-0.25, -0.2) is 4.79 Å². The molecule has 160 valence electrons. The second-order valence-electron chi connectivity index (χ2n) is 6.90. The van der Waals surface area contributed by atoms with Crippen LogP contribution in [0.5, 0.6) is 11.5 Å². The maximum Gasteiger partial charge on any atom is 0.330 e. The summed E-state index contributed by atoms with van der Waals surface area (Å²) in [5, 5.41) is 8.82. The van der Waals surface area contributed by atoms with E-state index < -0.39 is 5.60 Å². The fraction of sp³-hybridized carbons (Fsp3) is 0.200. The van der Waals surface area contributed by atoms with Gasteiger partial charge in [0.25, 0.3) is 0 Å². The molecule has 0 unspecified atom stereocenters. The van der Waals surface area contributed by atoms with Crippen molar-refractivity contribution in [2.24, 2.45) is 0 Å². The normalized spacial score (nSPS) is 9.47. The van der Waals surface area contributed by atoms with Crippen LogP contribution in [0.4, 0.5) is 0 Å². The number of benzene rings is 2. The summed E-state index contributed by atoms with van der Waals surface area (Å²) in [5.74, 6) is 0.178. The maximum absolute atomic E-state index is 10.5. The van der Waals surface area contributed by atoms with Gasteiger partial charge in [-0.05, 0) is 56.2 Å². The smallest absolute Gasteiger partial charge is 0.330 e. The molecule has 0 spiro atoms. The average molecular weight is 411 g/mol. The standard InChI is InChI=1S/C10H10O2.C8H8O.C7H12O2/c1-3-9-4-6-10(7-5-9)12-8(2)11;1-2-7-3-5-8(9)6-4-7;1-5-6(8)9-7(2,3)4/h3-7H,1H2,2H3;2-6,9H,1H2;5H,1H2,2-4H3. The van der Waals surface area contributed by atoms with E-state index >= 15 is 0 Å². The summed E-state index contributed by atoms with van der Waals surface area (Å²) < 4.78 is 9.67. The number of rotatable bonds is 4. The Bertz CT molecular complexity index is 825. The second-order valence-corrected chi connectivity index (χ2v) is 6.90. The number of hydrogen-bond donors (Lipinski definition) is 1. The molecule has 0 aliphatic heterocycles. The van der Waals surface area contributed by atoms with Crippen LogP contribution in [0.2, 0.25) is 0 Å². The number of phenols is 1. The first-order chi connectivity index (χ1) is 14.0. The molecule has 0 amide bonds. The minimum Gasteiger partial charge on any atom is -0.508 e. The van der Waals surface area contributed by atoms with Crippen molar-refractivity contribution >= 4 is 24.1 Å². The van der Waals surface area contributed by atoms with Crippen LogP contribution < -0.4 is 4.74 Å². The third-order valence-corrected chi connectivity index (χ3v) is 3.08. The number of carbonyl (C=O) groups excluding carboxylic acids is 2. The first-order valence-corrected chi connectivity index (χ1v) is 9.18. The molecule has 5 nitrogen and oxygen atoms in total. The molecule has 5 heteroatoms. The Morgan fingerprint density at radius 2 is 1.30 bits per heavy atom. The Morgan fingerprint density at radius 1 is 0.867 bits per heavy atom. The lowest BCUT2D eigenvalue weighted by Crippen LogP contribution is -2.22. The van der Waals surface area contributed by atoms with Crippen LogP contribution in [0.3, 0.4) is 0 Å².